The summed E-state index contributed by atoms with van der Waals surface area (Å²) in [4.78, 5) is 43.9. The molecule has 0 bridgehead atoms. The van der Waals surface area contributed by atoms with E-state index in [1.807, 2.05) is 0 Å². The summed E-state index contributed by atoms with van der Waals surface area (Å²) in [5, 5.41) is 0. The molecule has 0 aliphatic heterocycles. The molecular formula is C25H47Na2O8PS. The van der Waals surface area contributed by atoms with Gasteiger partial charge in [0.15, 0.2) is 0 Å². The third-order valence-electron chi connectivity index (χ3n) is 5.62. The normalized spacial score (nSPS) is 11.8. The Balaban J connectivity index is -0.00000578. The molecule has 0 amide bonds. The molecule has 208 valence electrons. The van der Waals surface area contributed by atoms with Crippen molar-refractivity contribution in [2.24, 2.45) is 0 Å². The molecule has 0 aromatic heterocycles. The van der Waals surface area contributed by atoms with Crippen LogP contribution in [-0.4, -0.2) is 43.3 Å². The van der Waals surface area contributed by atoms with Crippen molar-refractivity contribution in [3.05, 3.63) is 0 Å². The average molecular weight is 585 g/mol. The Morgan fingerprint density at radius 3 is 1.89 bits per heavy atom. The Bertz CT molecular complexity index is 555. The van der Waals surface area contributed by atoms with Crippen LogP contribution in [-0.2, 0) is 28.2 Å². The molecule has 12 heteroatoms. The van der Waals surface area contributed by atoms with Crippen LogP contribution in [0.2, 0.25) is 0 Å². The van der Waals surface area contributed by atoms with E-state index in [9.17, 15) is 23.9 Å². The molecule has 0 aliphatic rings. The molecule has 0 N–H and O–H groups in total. The van der Waals surface area contributed by atoms with E-state index < -0.39 is 20.5 Å². The summed E-state index contributed by atoms with van der Waals surface area (Å²) in [5.41, 5.74) is 0. The molecule has 0 aliphatic carbocycles. The van der Waals surface area contributed by atoms with Crippen molar-refractivity contribution in [3.63, 3.8) is 0 Å². The number of phosphoric ester groups is 1. The van der Waals surface area contributed by atoms with Gasteiger partial charge in [-0.25, -0.2) is 0 Å². The molecule has 0 aromatic carbocycles. The first kappa shape index (κ1) is 42.9. The van der Waals surface area contributed by atoms with Crippen molar-refractivity contribution < 1.29 is 97.1 Å². The van der Waals surface area contributed by atoms with Crippen LogP contribution in [0.5, 0.6) is 0 Å². The van der Waals surface area contributed by atoms with Gasteiger partial charge in [-0.3, -0.25) is 9.59 Å². The molecule has 0 heterocycles. The summed E-state index contributed by atoms with van der Waals surface area (Å²) in [6.07, 6.45) is 17.4. The predicted molar refractivity (Wildman–Crippen MR) is 137 cm³/mol. The number of rotatable bonds is 27. The topological polar surface area (TPSA) is 125 Å². The second-order valence-electron chi connectivity index (χ2n) is 8.95. The van der Waals surface area contributed by atoms with Crippen molar-refractivity contribution >= 4 is 32.0 Å². The van der Waals surface area contributed by atoms with E-state index in [0.29, 0.717) is 25.3 Å². The molecule has 0 saturated carbocycles. The largest absolute Gasteiger partial charge is 1.00 e. The Labute approximate surface area is 273 Å². The van der Waals surface area contributed by atoms with Gasteiger partial charge in [-0.2, -0.15) is 11.8 Å². The number of hydrogen-bond acceptors (Lipinski definition) is 9. The fourth-order valence-corrected chi connectivity index (χ4v) is 5.00. The molecule has 0 spiro atoms. The van der Waals surface area contributed by atoms with Crippen molar-refractivity contribution in [3.8, 4) is 0 Å². The molecule has 0 rings (SSSR count). The Kier molecular flexibility index (Phi) is 37.0. The number of hydrogen-bond donors (Lipinski definition) is 0. The van der Waals surface area contributed by atoms with Gasteiger partial charge in [0.25, 0.3) is 6.47 Å². The van der Waals surface area contributed by atoms with E-state index in [4.69, 9.17) is 4.74 Å². The second kappa shape index (κ2) is 31.9. The Morgan fingerprint density at radius 1 is 0.838 bits per heavy atom. The molecule has 0 fully saturated rings. The number of thioether (sulfide) groups is 1. The first-order valence-electron chi connectivity index (χ1n) is 13.4. The predicted octanol–water partition coefficient (Wildman–Crippen LogP) is -0.691. The number of esters is 1. The zero-order valence-electron chi connectivity index (χ0n) is 23.6. The van der Waals surface area contributed by atoms with Crippen LogP contribution in [0, 0.1) is 0 Å². The molecular weight excluding hydrogens is 537 g/mol. The van der Waals surface area contributed by atoms with Crippen LogP contribution >= 0.6 is 19.6 Å². The summed E-state index contributed by atoms with van der Waals surface area (Å²) >= 11 is 1.57. The maximum atomic E-state index is 12.2. The minimum atomic E-state index is -5.10. The minimum Gasteiger partial charge on any atom is -0.790 e. The van der Waals surface area contributed by atoms with E-state index in [1.54, 1.807) is 11.8 Å². The smallest absolute Gasteiger partial charge is 0.790 e. The Hall–Kier alpha value is 1.40. The second-order valence-corrected chi connectivity index (χ2v) is 11.3. The van der Waals surface area contributed by atoms with Gasteiger partial charge in [0, 0.05) is 12.2 Å². The summed E-state index contributed by atoms with van der Waals surface area (Å²) in [5.74, 6) is 0.902. The van der Waals surface area contributed by atoms with E-state index in [2.05, 4.69) is 16.2 Å². The molecule has 1 atom stereocenters. The number of carbonyl (C=O) groups is 2. The summed E-state index contributed by atoms with van der Waals surface area (Å²) in [7, 11) is -5.10. The Morgan fingerprint density at radius 2 is 1.35 bits per heavy atom. The summed E-state index contributed by atoms with van der Waals surface area (Å²) < 4.78 is 25.3. The van der Waals surface area contributed by atoms with Crippen LogP contribution in [0.15, 0.2) is 0 Å². The van der Waals surface area contributed by atoms with Gasteiger partial charge in [0.05, 0.1) is 21.0 Å². The van der Waals surface area contributed by atoms with Gasteiger partial charge >= 0.3 is 65.1 Å². The number of ether oxygens (including phenoxy) is 2. The standard InChI is InChI=1S/C25H49O8PS.2Na/c1-2-3-4-5-6-7-9-12-15-18-25(27)33-24(21-32-34(28,29)30)22-35-20-17-14-11-8-10-13-16-19-31-23-26;;/h23-24H,2-22H2,1H3,(H2,28,29,30);;/q;2*+1/p-2/t24-;;/m1../s1. The molecule has 0 unspecified atom stereocenters. The zero-order chi connectivity index (χ0) is 26.0. The summed E-state index contributed by atoms with van der Waals surface area (Å²) in [6.45, 7) is 2.75. The van der Waals surface area contributed by atoms with Crippen LogP contribution in [0.3, 0.4) is 0 Å². The number of unbranched alkanes of at least 4 members (excludes halogenated alkanes) is 14. The van der Waals surface area contributed by atoms with E-state index >= 15 is 0 Å². The molecule has 0 aromatic rings. The maximum absolute atomic E-state index is 12.2. The fourth-order valence-electron chi connectivity index (χ4n) is 3.65. The van der Waals surface area contributed by atoms with Gasteiger partial charge in [0.2, 0.25) is 0 Å². The van der Waals surface area contributed by atoms with Crippen LogP contribution in [0.1, 0.15) is 116 Å². The van der Waals surface area contributed by atoms with Crippen LogP contribution in [0.25, 0.3) is 0 Å². The SMILES string of the molecule is CCCCCCCCCCCC(=O)O[C@H](COP(=O)([O-])[O-])CSCCCCCCCCCOC=O.[Na+].[Na+]. The van der Waals surface area contributed by atoms with Crippen LogP contribution < -0.4 is 68.9 Å². The van der Waals surface area contributed by atoms with Crippen LogP contribution in [0.4, 0.5) is 0 Å². The van der Waals surface area contributed by atoms with Gasteiger partial charge in [-0.05, 0) is 25.0 Å². The fraction of sp³-hybridized carbons (Fsp3) is 0.920. The average Bonchev–Trinajstić information content (AvgIpc) is 2.81. The van der Waals surface area contributed by atoms with Crippen molar-refractivity contribution in [1.82, 2.24) is 0 Å². The van der Waals surface area contributed by atoms with Gasteiger partial charge in [-0.15, -0.1) is 0 Å². The summed E-state index contributed by atoms with van der Waals surface area (Å²) in [6, 6.07) is 0. The third kappa shape index (κ3) is 35.4. The number of carbonyl (C=O) groups excluding carboxylic acids is 2. The van der Waals surface area contributed by atoms with E-state index in [0.717, 1.165) is 70.0 Å². The van der Waals surface area contributed by atoms with E-state index in [-0.39, 0.29) is 65.1 Å². The molecule has 0 saturated heterocycles. The zero-order valence-corrected chi connectivity index (χ0v) is 29.3. The van der Waals surface area contributed by atoms with Crippen molar-refractivity contribution in [2.75, 3.05) is 24.7 Å². The van der Waals surface area contributed by atoms with Gasteiger partial charge in [-0.1, -0.05) is 90.4 Å². The molecule has 37 heavy (non-hydrogen) atoms. The van der Waals surface area contributed by atoms with Gasteiger partial charge in [0.1, 0.15) is 6.10 Å². The van der Waals surface area contributed by atoms with Crippen molar-refractivity contribution in [1.29, 1.82) is 0 Å². The molecule has 0 radical (unpaired) electrons. The first-order chi connectivity index (χ1) is 16.9. The van der Waals surface area contributed by atoms with Gasteiger partial charge < -0.3 is 28.3 Å². The minimum absolute atomic E-state index is 0. The van der Waals surface area contributed by atoms with E-state index in [1.165, 1.54) is 38.5 Å². The first-order valence-corrected chi connectivity index (χ1v) is 16.0. The quantitative estimate of drug-likeness (QED) is 0.0406. The maximum Gasteiger partial charge on any atom is 1.00 e. The monoisotopic (exact) mass is 584 g/mol. The third-order valence-corrected chi connectivity index (χ3v) is 7.27. The number of phosphoric acid groups is 1. The molecule has 8 nitrogen and oxygen atoms in total. The van der Waals surface area contributed by atoms with Crippen molar-refractivity contribution in [2.45, 2.75) is 122 Å².